The average molecular weight is 429 g/mol. The number of nitrogens with zero attached hydrogens (tertiary/aromatic N) is 3. The standard InChI is InChI=1S/C23H29FN4O3/c1-26(2)13-18-4-3-11-27(14-18)22(30)16-28-15-19(7-10-21(28)29)23(31)25-12-17-5-8-20(24)9-6-17/h5-10,15,18H,3-4,11-14,16H2,1-2H3,(H,25,31). The third-order valence-electron chi connectivity index (χ3n) is 5.41. The number of halogens is 1. The fourth-order valence-corrected chi connectivity index (χ4v) is 3.88. The van der Waals surface area contributed by atoms with Crippen LogP contribution in [0, 0.1) is 11.7 Å². The van der Waals surface area contributed by atoms with Crippen LogP contribution in [0.1, 0.15) is 28.8 Å². The molecule has 1 aliphatic heterocycles. The van der Waals surface area contributed by atoms with Crippen molar-refractivity contribution in [2.75, 3.05) is 33.7 Å². The van der Waals surface area contributed by atoms with Crippen LogP contribution in [-0.2, 0) is 17.9 Å². The first-order valence-electron chi connectivity index (χ1n) is 10.5. The topological polar surface area (TPSA) is 74.7 Å². The van der Waals surface area contributed by atoms with Crippen molar-refractivity contribution < 1.29 is 14.0 Å². The molecule has 2 amide bonds. The summed E-state index contributed by atoms with van der Waals surface area (Å²) in [6.45, 7) is 2.44. The number of benzene rings is 1. The van der Waals surface area contributed by atoms with Gasteiger partial charge in [-0.15, -0.1) is 0 Å². The van der Waals surface area contributed by atoms with Crippen LogP contribution in [0.3, 0.4) is 0 Å². The Kier molecular flexibility index (Phi) is 7.57. The molecular formula is C23H29FN4O3. The second-order valence-electron chi connectivity index (χ2n) is 8.30. The van der Waals surface area contributed by atoms with Gasteiger partial charge in [0.15, 0.2) is 0 Å². The predicted octanol–water partition coefficient (Wildman–Crippen LogP) is 1.72. The number of nitrogens with one attached hydrogen (secondary N) is 1. The molecule has 31 heavy (non-hydrogen) atoms. The van der Waals surface area contributed by atoms with E-state index in [4.69, 9.17) is 0 Å². The van der Waals surface area contributed by atoms with Gasteiger partial charge >= 0.3 is 0 Å². The molecule has 1 unspecified atom stereocenters. The number of likely N-dealkylation sites (tertiary alicyclic amines) is 1. The van der Waals surface area contributed by atoms with E-state index in [0.29, 0.717) is 24.6 Å². The highest BCUT2D eigenvalue weighted by Crippen LogP contribution is 2.17. The van der Waals surface area contributed by atoms with E-state index >= 15 is 0 Å². The van der Waals surface area contributed by atoms with Crippen molar-refractivity contribution in [3.63, 3.8) is 0 Å². The second-order valence-corrected chi connectivity index (χ2v) is 8.30. The van der Waals surface area contributed by atoms with Gasteiger partial charge < -0.3 is 19.7 Å². The smallest absolute Gasteiger partial charge is 0.253 e. The Morgan fingerprint density at radius 3 is 2.61 bits per heavy atom. The van der Waals surface area contributed by atoms with E-state index in [-0.39, 0.29) is 36.3 Å². The minimum atomic E-state index is -0.366. The molecule has 1 fully saturated rings. The fourth-order valence-electron chi connectivity index (χ4n) is 3.88. The van der Waals surface area contributed by atoms with E-state index in [1.54, 1.807) is 12.1 Å². The minimum absolute atomic E-state index is 0.0907. The van der Waals surface area contributed by atoms with Gasteiger partial charge in [-0.3, -0.25) is 14.4 Å². The number of carbonyl (C=O) groups is 2. The summed E-state index contributed by atoms with van der Waals surface area (Å²) in [7, 11) is 4.04. The predicted molar refractivity (Wildman–Crippen MR) is 116 cm³/mol. The molecule has 0 radical (unpaired) electrons. The average Bonchev–Trinajstić information content (AvgIpc) is 2.74. The van der Waals surface area contributed by atoms with E-state index in [1.807, 2.05) is 19.0 Å². The lowest BCUT2D eigenvalue weighted by Crippen LogP contribution is -2.44. The molecule has 1 aliphatic rings. The lowest BCUT2D eigenvalue weighted by Gasteiger charge is -2.34. The van der Waals surface area contributed by atoms with Crippen molar-refractivity contribution in [1.29, 1.82) is 0 Å². The number of carbonyl (C=O) groups excluding carboxylic acids is 2. The molecule has 1 aromatic carbocycles. The number of piperidine rings is 1. The fraction of sp³-hybridized carbons (Fsp3) is 0.435. The number of pyridine rings is 1. The quantitative estimate of drug-likeness (QED) is 0.729. The second kappa shape index (κ2) is 10.3. The molecule has 3 rings (SSSR count). The highest BCUT2D eigenvalue weighted by molar-refractivity contribution is 5.93. The van der Waals surface area contributed by atoms with Gasteiger partial charge in [-0.25, -0.2) is 4.39 Å². The van der Waals surface area contributed by atoms with Crippen molar-refractivity contribution in [2.24, 2.45) is 5.92 Å². The van der Waals surface area contributed by atoms with Crippen molar-refractivity contribution in [1.82, 2.24) is 19.7 Å². The number of aromatic nitrogens is 1. The number of hydrogen-bond acceptors (Lipinski definition) is 4. The molecule has 0 saturated carbocycles. The lowest BCUT2D eigenvalue weighted by molar-refractivity contribution is -0.133. The highest BCUT2D eigenvalue weighted by Gasteiger charge is 2.24. The summed E-state index contributed by atoms with van der Waals surface area (Å²) >= 11 is 0. The minimum Gasteiger partial charge on any atom is -0.348 e. The molecule has 7 nitrogen and oxygen atoms in total. The third-order valence-corrected chi connectivity index (χ3v) is 5.41. The summed E-state index contributed by atoms with van der Waals surface area (Å²) in [4.78, 5) is 41.5. The van der Waals surface area contributed by atoms with Crippen LogP contribution in [0.15, 0.2) is 47.4 Å². The Hall–Kier alpha value is -3.00. The van der Waals surface area contributed by atoms with Crippen LogP contribution >= 0.6 is 0 Å². The monoisotopic (exact) mass is 428 g/mol. The van der Waals surface area contributed by atoms with Gasteiger partial charge in [0.25, 0.3) is 11.5 Å². The van der Waals surface area contributed by atoms with Gasteiger partial charge in [0.05, 0.1) is 5.56 Å². The molecule has 1 atom stereocenters. The summed E-state index contributed by atoms with van der Waals surface area (Å²) in [6, 6.07) is 8.59. The van der Waals surface area contributed by atoms with Crippen LogP contribution in [-0.4, -0.2) is 59.9 Å². The van der Waals surface area contributed by atoms with Crippen molar-refractivity contribution in [2.45, 2.75) is 25.9 Å². The van der Waals surface area contributed by atoms with Gasteiger partial charge in [0.1, 0.15) is 12.4 Å². The maximum atomic E-state index is 13.0. The van der Waals surface area contributed by atoms with Gasteiger partial charge in [-0.05, 0) is 56.6 Å². The van der Waals surface area contributed by atoms with Crippen molar-refractivity contribution >= 4 is 11.8 Å². The summed E-state index contributed by atoms with van der Waals surface area (Å²) < 4.78 is 14.3. The summed E-state index contributed by atoms with van der Waals surface area (Å²) in [5.41, 5.74) is 0.722. The van der Waals surface area contributed by atoms with Gasteiger partial charge in [-0.1, -0.05) is 12.1 Å². The van der Waals surface area contributed by atoms with E-state index < -0.39 is 0 Å². The molecule has 1 saturated heterocycles. The maximum Gasteiger partial charge on any atom is 0.253 e. The lowest BCUT2D eigenvalue weighted by atomic mass is 9.97. The van der Waals surface area contributed by atoms with Crippen LogP contribution in [0.5, 0.6) is 0 Å². The Morgan fingerprint density at radius 2 is 1.90 bits per heavy atom. The molecule has 166 valence electrons. The van der Waals surface area contributed by atoms with Gasteiger partial charge in [0, 0.05) is 38.4 Å². The van der Waals surface area contributed by atoms with Crippen LogP contribution < -0.4 is 10.9 Å². The Balaban J connectivity index is 1.62. The maximum absolute atomic E-state index is 13.0. The first kappa shape index (κ1) is 22.7. The van der Waals surface area contributed by atoms with Gasteiger partial charge in [0.2, 0.25) is 5.91 Å². The highest BCUT2D eigenvalue weighted by atomic mass is 19.1. The number of amides is 2. The van der Waals surface area contributed by atoms with E-state index in [1.165, 1.54) is 35.0 Å². The molecule has 0 spiro atoms. The Labute approximate surface area is 181 Å². The molecule has 1 N–H and O–H groups in total. The first-order chi connectivity index (χ1) is 14.8. The summed E-state index contributed by atoms with van der Waals surface area (Å²) in [6.07, 6.45) is 3.46. The SMILES string of the molecule is CN(C)CC1CCCN(C(=O)Cn2cc(C(=O)NCc3ccc(F)cc3)ccc2=O)C1. The van der Waals surface area contributed by atoms with Crippen molar-refractivity contribution in [3.8, 4) is 0 Å². The number of rotatable bonds is 7. The molecular weight excluding hydrogens is 399 g/mol. The Bertz CT molecular complexity index is 972. The van der Waals surface area contributed by atoms with Crippen LogP contribution in [0.4, 0.5) is 4.39 Å². The Morgan fingerprint density at radius 1 is 1.16 bits per heavy atom. The van der Waals surface area contributed by atoms with E-state index in [2.05, 4.69) is 10.2 Å². The van der Waals surface area contributed by atoms with Crippen LogP contribution in [0.25, 0.3) is 0 Å². The molecule has 8 heteroatoms. The number of hydrogen-bond donors (Lipinski definition) is 1. The molecule has 0 bridgehead atoms. The molecule has 1 aromatic heterocycles. The zero-order valence-corrected chi connectivity index (χ0v) is 18.0. The van der Waals surface area contributed by atoms with Gasteiger partial charge in [-0.2, -0.15) is 0 Å². The van der Waals surface area contributed by atoms with Crippen molar-refractivity contribution in [3.05, 3.63) is 69.9 Å². The summed E-state index contributed by atoms with van der Waals surface area (Å²) in [5, 5.41) is 2.75. The molecule has 2 aromatic rings. The van der Waals surface area contributed by atoms with Crippen LogP contribution in [0.2, 0.25) is 0 Å². The van der Waals surface area contributed by atoms with E-state index in [0.717, 1.165) is 24.9 Å². The third kappa shape index (κ3) is 6.49. The first-order valence-corrected chi connectivity index (χ1v) is 10.5. The molecule has 0 aliphatic carbocycles. The zero-order chi connectivity index (χ0) is 22.4. The zero-order valence-electron chi connectivity index (χ0n) is 18.0. The summed E-state index contributed by atoms with van der Waals surface area (Å²) in [5.74, 6) is -0.398. The van der Waals surface area contributed by atoms with E-state index in [9.17, 15) is 18.8 Å². The normalized spacial score (nSPS) is 16.4. The molecule has 2 heterocycles. The largest absolute Gasteiger partial charge is 0.348 e.